The predicted octanol–water partition coefficient (Wildman–Crippen LogP) is 22.2. The number of hydrogen-bond acceptors (Lipinski definition) is 5. The summed E-state index contributed by atoms with van der Waals surface area (Å²) in [6, 6.07) is 87.9. The molecule has 4 nitrogen and oxygen atoms in total. The van der Waals surface area contributed by atoms with Gasteiger partial charge >= 0.3 is 0 Å². The molecule has 0 aliphatic carbocycles. The quantitative estimate of drug-likeness (QED) is 0.141. The molecule has 5 heterocycles. The Morgan fingerprint density at radius 3 is 1.41 bits per heavy atom. The van der Waals surface area contributed by atoms with E-state index >= 15 is 0 Å². The van der Waals surface area contributed by atoms with E-state index in [2.05, 4.69) is 326 Å². The minimum absolute atomic E-state index is 0.0160. The number of hydrogen-bond donors (Lipinski definition) is 0. The molecular formula is C83H71BN4S2. The van der Waals surface area contributed by atoms with Crippen LogP contribution in [0, 0.1) is 34.6 Å². The van der Waals surface area contributed by atoms with Crippen molar-refractivity contribution in [2.75, 3.05) is 14.7 Å². The molecule has 0 amide bonds. The van der Waals surface area contributed by atoms with E-state index in [1.807, 2.05) is 22.7 Å². The Bertz CT molecular complexity index is 5130. The molecule has 0 saturated heterocycles. The van der Waals surface area contributed by atoms with E-state index in [-0.39, 0.29) is 17.5 Å². The van der Waals surface area contributed by atoms with Crippen LogP contribution in [-0.2, 0) is 10.8 Å². The van der Waals surface area contributed by atoms with Gasteiger partial charge in [-0.2, -0.15) is 0 Å². The van der Waals surface area contributed by atoms with Crippen molar-refractivity contribution in [2.45, 2.75) is 87.0 Å². The minimum Gasteiger partial charge on any atom is -0.311 e. The Hall–Kier alpha value is -9.40. The average molecular weight is 1200 g/mol. The third-order valence-corrected chi connectivity index (χ3v) is 21.4. The molecule has 0 saturated carbocycles. The molecule has 0 bridgehead atoms. The van der Waals surface area contributed by atoms with Crippen molar-refractivity contribution in [2.24, 2.45) is 0 Å². The smallest absolute Gasteiger partial charge is 0.252 e. The highest BCUT2D eigenvalue weighted by Gasteiger charge is 2.45. The van der Waals surface area contributed by atoms with Gasteiger partial charge in [0, 0.05) is 75.4 Å². The largest absolute Gasteiger partial charge is 0.311 e. The zero-order chi connectivity index (χ0) is 61.6. The molecule has 0 atom stereocenters. The van der Waals surface area contributed by atoms with Gasteiger partial charge in [-0.1, -0.05) is 151 Å². The van der Waals surface area contributed by atoms with E-state index in [4.69, 9.17) is 0 Å². The summed E-state index contributed by atoms with van der Waals surface area (Å²) in [5.74, 6) is 0. The monoisotopic (exact) mass is 1200 g/mol. The predicted molar refractivity (Wildman–Crippen MR) is 392 cm³/mol. The van der Waals surface area contributed by atoms with Crippen molar-refractivity contribution < 1.29 is 0 Å². The second kappa shape index (κ2) is 20.8. The molecule has 3 aromatic heterocycles. The van der Waals surface area contributed by atoms with Gasteiger partial charge in [0.05, 0.1) is 22.4 Å². The van der Waals surface area contributed by atoms with Gasteiger partial charge in [-0.15, -0.1) is 22.7 Å². The van der Waals surface area contributed by atoms with E-state index in [1.54, 1.807) is 0 Å². The van der Waals surface area contributed by atoms with Crippen molar-refractivity contribution in [3.8, 4) is 26.6 Å². The maximum Gasteiger partial charge on any atom is 0.252 e. The second-order valence-corrected chi connectivity index (χ2v) is 29.5. The number of thiophene rings is 2. The third kappa shape index (κ3) is 9.06. The Balaban J connectivity index is 0.953. The van der Waals surface area contributed by atoms with Gasteiger partial charge < -0.3 is 19.3 Å². The Morgan fingerprint density at radius 2 is 0.844 bits per heavy atom. The molecule has 438 valence electrons. The van der Waals surface area contributed by atoms with Crippen LogP contribution in [0.2, 0.25) is 0 Å². The molecule has 14 aromatic rings. The highest BCUT2D eigenvalue weighted by molar-refractivity contribution is 7.22. The van der Waals surface area contributed by atoms with Crippen molar-refractivity contribution >= 4 is 139 Å². The summed E-state index contributed by atoms with van der Waals surface area (Å²) in [4.78, 5) is 10.4. The number of benzene rings is 11. The van der Waals surface area contributed by atoms with Gasteiger partial charge in [0.1, 0.15) is 0 Å². The molecule has 0 spiro atoms. The number of fused-ring (bicyclic) bond motifs is 9. The highest BCUT2D eigenvalue weighted by Crippen LogP contribution is 2.51. The number of rotatable bonds is 8. The number of para-hydroxylation sites is 2. The van der Waals surface area contributed by atoms with Gasteiger partial charge in [-0.05, 0) is 244 Å². The summed E-state index contributed by atoms with van der Waals surface area (Å²) in [5.41, 5.74) is 29.2. The summed E-state index contributed by atoms with van der Waals surface area (Å²) in [7, 11) is 0. The van der Waals surface area contributed by atoms with E-state index in [0.717, 1.165) is 28.3 Å². The molecule has 16 rings (SSSR count). The lowest BCUT2D eigenvalue weighted by Gasteiger charge is -2.46. The lowest BCUT2D eigenvalue weighted by molar-refractivity contribution is 0.590. The summed E-state index contributed by atoms with van der Waals surface area (Å²) in [6.45, 7) is 25.5. The first kappa shape index (κ1) is 55.9. The molecule has 7 heteroatoms. The zero-order valence-corrected chi connectivity index (χ0v) is 54.8. The third-order valence-electron chi connectivity index (χ3n) is 19.1. The van der Waals surface area contributed by atoms with Crippen LogP contribution in [0.15, 0.2) is 231 Å². The fraction of sp³-hybridized carbons (Fsp3) is 0.157. The Morgan fingerprint density at radius 1 is 0.378 bits per heavy atom. The van der Waals surface area contributed by atoms with E-state index in [9.17, 15) is 0 Å². The number of aromatic nitrogens is 1. The molecule has 0 unspecified atom stereocenters. The fourth-order valence-corrected chi connectivity index (χ4v) is 17.0. The van der Waals surface area contributed by atoms with Gasteiger partial charge in [-0.25, -0.2) is 0 Å². The van der Waals surface area contributed by atoms with Crippen LogP contribution in [0.5, 0.6) is 0 Å². The average Bonchev–Trinajstić information content (AvgIpc) is 0.903. The SMILES string of the molecule is Cc1cc2c3c(c1)N(c1c(C)cc(-c4cc5ccccc5s4)cc1C)c1cc(C(C)(C)C)ccc1B3c1ccc(N(c3ccc(C(C)(C)C)cc3)c3ccc4c5ccccc5n(-c5ccccc5)c4c3)cc1N2c1c(C)cc(-c2cc3ccccc3s2)cc1C. The summed E-state index contributed by atoms with van der Waals surface area (Å²) < 4.78 is 5.06. The van der Waals surface area contributed by atoms with Gasteiger partial charge in [0.25, 0.3) is 6.71 Å². The molecule has 90 heavy (non-hydrogen) atoms. The van der Waals surface area contributed by atoms with Crippen LogP contribution in [0.4, 0.5) is 51.2 Å². The van der Waals surface area contributed by atoms with Gasteiger partial charge in [0.15, 0.2) is 0 Å². The highest BCUT2D eigenvalue weighted by atomic mass is 32.1. The molecule has 2 aliphatic rings. The number of anilines is 9. The van der Waals surface area contributed by atoms with Crippen LogP contribution >= 0.6 is 22.7 Å². The fourth-order valence-electron chi connectivity index (χ4n) is 14.9. The minimum atomic E-state index is -0.0892. The lowest BCUT2D eigenvalue weighted by atomic mass is 9.33. The van der Waals surface area contributed by atoms with Crippen molar-refractivity contribution in [3.05, 3.63) is 269 Å². The first-order valence-corrected chi connectivity index (χ1v) is 33.3. The maximum absolute atomic E-state index is 2.66. The van der Waals surface area contributed by atoms with Gasteiger partial charge in [-0.3, -0.25) is 0 Å². The van der Waals surface area contributed by atoms with Crippen LogP contribution in [0.25, 0.3) is 68.5 Å². The topological polar surface area (TPSA) is 14.7 Å². The van der Waals surface area contributed by atoms with Gasteiger partial charge in [0.2, 0.25) is 0 Å². The Kier molecular flexibility index (Phi) is 12.9. The Labute approximate surface area is 537 Å². The standard InChI is InChI=1S/C83H71BN4S2/c1-50-39-73-79-74(40-50)88(81-53(4)43-58(44-54(81)5)78-46-56-22-16-20-28-76(56)90-78)72-49-64(85(62-32-29-59(30-33-62)82(6,7)8)63-34-36-66-65-25-17-18-26-69(65)86(70(66)48-63)61-23-13-12-14-24-61)35-38-68(72)84(79)67-37-31-60(83(9,10)11)47-71(67)87(73)80-51(2)41-57(42-52(80)3)77-45-55-21-15-19-27-75(55)89-77/h12-49H,1-11H3. The molecule has 11 aromatic carbocycles. The first-order chi connectivity index (χ1) is 43.4. The van der Waals surface area contributed by atoms with Crippen LogP contribution in [0.1, 0.15) is 80.5 Å². The maximum atomic E-state index is 2.66. The van der Waals surface area contributed by atoms with Crippen molar-refractivity contribution in [3.63, 3.8) is 0 Å². The van der Waals surface area contributed by atoms with Crippen molar-refractivity contribution in [1.82, 2.24) is 4.57 Å². The van der Waals surface area contributed by atoms with Crippen LogP contribution in [0.3, 0.4) is 0 Å². The number of nitrogens with zero attached hydrogens (tertiary/aromatic N) is 4. The second-order valence-electron chi connectivity index (χ2n) is 27.3. The molecule has 0 radical (unpaired) electrons. The first-order valence-electron chi connectivity index (χ1n) is 31.7. The zero-order valence-electron chi connectivity index (χ0n) is 53.1. The van der Waals surface area contributed by atoms with E-state index < -0.39 is 0 Å². The van der Waals surface area contributed by atoms with Crippen LogP contribution < -0.4 is 31.1 Å². The normalized spacial score (nSPS) is 13.0. The molecule has 0 N–H and O–H groups in total. The molecule has 2 aliphatic heterocycles. The summed E-state index contributed by atoms with van der Waals surface area (Å²) in [5, 5.41) is 5.03. The van der Waals surface area contributed by atoms with E-state index in [0.29, 0.717) is 0 Å². The summed E-state index contributed by atoms with van der Waals surface area (Å²) >= 11 is 3.76. The van der Waals surface area contributed by atoms with Crippen molar-refractivity contribution in [1.29, 1.82) is 0 Å². The van der Waals surface area contributed by atoms with Crippen LogP contribution in [-0.4, -0.2) is 11.3 Å². The molecule has 0 fully saturated rings. The molecular weight excluding hydrogens is 1130 g/mol. The lowest BCUT2D eigenvalue weighted by Crippen LogP contribution is -2.61. The summed E-state index contributed by atoms with van der Waals surface area (Å²) in [6.07, 6.45) is 0. The van der Waals surface area contributed by atoms with E-state index in [1.165, 1.54) is 147 Å². The number of aryl methyl sites for hydroxylation is 5.